The average Bonchev–Trinajstić information content (AvgIpc) is 2.53. The number of carbonyl (C=O) groups excluding carboxylic acids is 1. The van der Waals surface area contributed by atoms with Gasteiger partial charge in [0.1, 0.15) is 6.04 Å². The van der Waals surface area contributed by atoms with Crippen LogP contribution >= 0.6 is 0 Å². The zero-order valence-corrected chi connectivity index (χ0v) is 13.4. The van der Waals surface area contributed by atoms with Gasteiger partial charge < -0.3 is 10.0 Å². The number of nitro groups is 1. The van der Waals surface area contributed by atoms with Crippen LogP contribution < -0.4 is 10.2 Å². The molecule has 0 unspecified atom stereocenters. The van der Waals surface area contributed by atoms with E-state index in [1.165, 1.54) is 36.2 Å². The second-order valence-electron chi connectivity index (χ2n) is 5.31. The van der Waals surface area contributed by atoms with Gasteiger partial charge >= 0.3 is 5.97 Å². The summed E-state index contributed by atoms with van der Waals surface area (Å²) in [5, 5.41) is 22.5. The molecule has 0 aliphatic heterocycles. The number of nitrogens with one attached hydrogen (secondary N) is 1. The number of hydrogen-bond acceptors (Lipinski definition) is 5. The highest BCUT2D eigenvalue weighted by molar-refractivity contribution is 5.94. The summed E-state index contributed by atoms with van der Waals surface area (Å²) in [4.78, 5) is 34.8. The Hall–Kier alpha value is -2.48. The molecule has 126 valence electrons. The van der Waals surface area contributed by atoms with Crippen molar-refractivity contribution in [1.82, 2.24) is 5.32 Å². The SMILES string of the molecule is CC[C@H](C)[C@H](NCC(=O)N(C)c1ccc([N+](=O)[O-])cc1)C(=O)O. The van der Waals surface area contributed by atoms with E-state index < -0.39 is 16.9 Å². The summed E-state index contributed by atoms with van der Waals surface area (Å²) in [6.45, 7) is 3.55. The van der Waals surface area contributed by atoms with Crippen LogP contribution in [0, 0.1) is 16.0 Å². The van der Waals surface area contributed by atoms with E-state index >= 15 is 0 Å². The highest BCUT2D eigenvalue weighted by Crippen LogP contribution is 2.18. The molecule has 0 aromatic heterocycles. The molecule has 0 radical (unpaired) electrons. The average molecular weight is 323 g/mol. The van der Waals surface area contributed by atoms with Crippen molar-refractivity contribution in [2.75, 3.05) is 18.5 Å². The maximum Gasteiger partial charge on any atom is 0.320 e. The van der Waals surface area contributed by atoms with Gasteiger partial charge in [0.05, 0.1) is 11.5 Å². The van der Waals surface area contributed by atoms with Crippen molar-refractivity contribution in [3.05, 3.63) is 34.4 Å². The summed E-state index contributed by atoms with van der Waals surface area (Å²) in [5.41, 5.74) is 0.438. The number of hydrogen-bond donors (Lipinski definition) is 2. The third-order valence-electron chi connectivity index (χ3n) is 3.77. The number of benzene rings is 1. The Balaban J connectivity index is 2.69. The molecule has 2 N–H and O–H groups in total. The molecule has 0 aliphatic carbocycles. The number of rotatable bonds is 8. The molecule has 8 heteroatoms. The fraction of sp³-hybridized carbons (Fsp3) is 0.467. The van der Waals surface area contributed by atoms with Crippen LogP contribution in [0.5, 0.6) is 0 Å². The summed E-state index contributed by atoms with van der Waals surface area (Å²) < 4.78 is 0. The van der Waals surface area contributed by atoms with Gasteiger partial charge in [-0.3, -0.25) is 25.0 Å². The Morgan fingerprint density at radius 1 is 1.35 bits per heavy atom. The predicted molar refractivity (Wildman–Crippen MR) is 85.4 cm³/mol. The van der Waals surface area contributed by atoms with E-state index in [1.54, 1.807) is 6.92 Å². The first-order valence-electron chi connectivity index (χ1n) is 7.25. The number of aliphatic carboxylic acids is 1. The monoisotopic (exact) mass is 323 g/mol. The van der Waals surface area contributed by atoms with Gasteiger partial charge in [0.25, 0.3) is 5.69 Å². The molecule has 0 saturated heterocycles. The van der Waals surface area contributed by atoms with Crippen LogP contribution in [-0.4, -0.2) is 41.5 Å². The van der Waals surface area contributed by atoms with Gasteiger partial charge in [-0.05, 0) is 18.1 Å². The number of carboxylic acids is 1. The summed E-state index contributed by atoms with van der Waals surface area (Å²) in [6.07, 6.45) is 0.677. The van der Waals surface area contributed by atoms with Crippen molar-refractivity contribution >= 4 is 23.3 Å². The lowest BCUT2D eigenvalue weighted by Crippen LogP contribution is -2.46. The predicted octanol–water partition coefficient (Wildman–Crippen LogP) is 1.65. The molecular weight excluding hydrogens is 302 g/mol. The Labute approximate surface area is 134 Å². The normalized spacial score (nSPS) is 13.2. The van der Waals surface area contributed by atoms with E-state index in [-0.39, 0.29) is 24.1 Å². The van der Waals surface area contributed by atoms with Gasteiger partial charge in [-0.25, -0.2) is 0 Å². The number of non-ortho nitro benzene ring substituents is 1. The van der Waals surface area contributed by atoms with E-state index in [9.17, 15) is 24.8 Å². The molecule has 1 aromatic rings. The minimum atomic E-state index is -0.995. The molecular formula is C15H21N3O5. The third-order valence-corrected chi connectivity index (χ3v) is 3.77. The quantitative estimate of drug-likeness (QED) is 0.555. The van der Waals surface area contributed by atoms with Gasteiger partial charge in [-0.15, -0.1) is 0 Å². The van der Waals surface area contributed by atoms with Crippen LogP contribution in [-0.2, 0) is 9.59 Å². The van der Waals surface area contributed by atoms with E-state index in [4.69, 9.17) is 0 Å². The van der Waals surface area contributed by atoms with Crippen LogP contribution in [0.1, 0.15) is 20.3 Å². The van der Waals surface area contributed by atoms with Gasteiger partial charge in [0, 0.05) is 24.9 Å². The van der Waals surface area contributed by atoms with Crippen LogP contribution in [0.3, 0.4) is 0 Å². The lowest BCUT2D eigenvalue weighted by Gasteiger charge is -2.22. The number of anilines is 1. The van der Waals surface area contributed by atoms with Crippen molar-refractivity contribution in [1.29, 1.82) is 0 Å². The minimum Gasteiger partial charge on any atom is -0.480 e. The summed E-state index contributed by atoms with van der Waals surface area (Å²) in [5.74, 6) is -1.43. The molecule has 1 rings (SSSR count). The first kappa shape index (κ1) is 18.6. The topological polar surface area (TPSA) is 113 Å². The summed E-state index contributed by atoms with van der Waals surface area (Å²) in [7, 11) is 1.53. The van der Waals surface area contributed by atoms with Gasteiger partial charge in [-0.2, -0.15) is 0 Å². The van der Waals surface area contributed by atoms with Crippen molar-refractivity contribution in [3.8, 4) is 0 Å². The number of nitro benzene ring substituents is 1. The lowest BCUT2D eigenvalue weighted by molar-refractivity contribution is -0.384. The first-order chi connectivity index (χ1) is 10.8. The maximum atomic E-state index is 12.1. The van der Waals surface area contributed by atoms with Crippen molar-refractivity contribution in [3.63, 3.8) is 0 Å². The second kappa shape index (κ2) is 8.23. The molecule has 0 saturated carbocycles. The number of amides is 1. The largest absolute Gasteiger partial charge is 0.480 e. The highest BCUT2D eigenvalue weighted by Gasteiger charge is 2.24. The zero-order chi connectivity index (χ0) is 17.6. The van der Waals surface area contributed by atoms with E-state index in [0.29, 0.717) is 12.1 Å². The first-order valence-corrected chi connectivity index (χ1v) is 7.25. The maximum absolute atomic E-state index is 12.1. The molecule has 0 fully saturated rings. The highest BCUT2D eigenvalue weighted by atomic mass is 16.6. The Bertz CT molecular complexity index is 573. The van der Waals surface area contributed by atoms with Gasteiger partial charge in [-0.1, -0.05) is 20.3 Å². The zero-order valence-electron chi connectivity index (χ0n) is 13.4. The fourth-order valence-electron chi connectivity index (χ4n) is 2.03. The smallest absolute Gasteiger partial charge is 0.320 e. The van der Waals surface area contributed by atoms with Gasteiger partial charge in [0.15, 0.2) is 0 Å². The van der Waals surface area contributed by atoms with Crippen LogP contribution in [0.4, 0.5) is 11.4 Å². The van der Waals surface area contributed by atoms with E-state index in [2.05, 4.69) is 5.32 Å². The molecule has 0 heterocycles. The third kappa shape index (κ3) is 5.03. The standard InChI is InChI=1S/C15H21N3O5/c1-4-10(2)14(15(20)21)16-9-13(19)17(3)11-5-7-12(8-6-11)18(22)23/h5-8,10,14,16H,4,9H2,1-3H3,(H,20,21)/t10-,14-/m0/s1. The van der Waals surface area contributed by atoms with Gasteiger partial charge in [0.2, 0.25) is 5.91 Å². The lowest BCUT2D eigenvalue weighted by atomic mass is 9.99. The molecule has 0 spiro atoms. The minimum absolute atomic E-state index is 0.0598. The van der Waals surface area contributed by atoms with E-state index in [1.807, 2.05) is 6.92 Å². The number of carbonyl (C=O) groups is 2. The molecule has 2 atom stereocenters. The molecule has 1 aromatic carbocycles. The molecule has 0 aliphatic rings. The molecule has 0 bridgehead atoms. The molecule has 1 amide bonds. The van der Waals surface area contributed by atoms with Crippen molar-refractivity contribution in [2.45, 2.75) is 26.3 Å². The van der Waals surface area contributed by atoms with Crippen molar-refractivity contribution < 1.29 is 19.6 Å². The number of likely N-dealkylation sites (N-methyl/N-ethyl adjacent to an activating group) is 1. The number of carboxylic acid groups (broad SMARTS) is 1. The second-order valence-corrected chi connectivity index (χ2v) is 5.31. The van der Waals surface area contributed by atoms with Crippen molar-refractivity contribution in [2.24, 2.45) is 5.92 Å². The fourth-order valence-corrected chi connectivity index (χ4v) is 2.03. The van der Waals surface area contributed by atoms with Crippen LogP contribution in [0.2, 0.25) is 0 Å². The number of nitrogens with zero attached hydrogens (tertiary/aromatic N) is 2. The molecule has 8 nitrogen and oxygen atoms in total. The Morgan fingerprint density at radius 3 is 2.35 bits per heavy atom. The Kier molecular flexibility index (Phi) is 6.65. The van der Waals surface area contributed by atoms with Crippen LogP contribution in [0.15, 0.2) is 24.3 Å². The van der Waals surface area contributed by atoms with Crippen LogP contribution in [0.25, 0.3) is 0 Å². The summed E-state index contributed by atoms with van der Waals surface area (Å²) >= 11 is 0. The van der Waals surface area contributed by atoms with E-state index in [0.717, 1.165) is 0 Å². The summed E-state index contributed by atoms with van der Waals surface area (Å²) in [6, 6.07) is 4.77. The Morgan fingerprint density at radius 2 is 1.91 bits per heavy atom. The molecule has 23 heavy (non-hydrogen) atoms.